The number of nitrogens with two attached hydrogens (primary N) is 1. The van der Waals surface area contributed by atoms with Crippen molar-refractivity contribution in [2.45, 2.75) is 6.04 Å². The van der Waals surface area contributed by atoms with E-state index < -0.39 is 11.9 Å². The fourth-order valence-corrected chi connectivity index (χ4v) is 2.24. The molecule has 0 aromatic heterocycles. The molecule has 0 fully saturated rings. The van der Waals surface area contributed by atoms with Crippen LogP contribution in [0.1, 0.15) is 11.6 Å². The van der Waals surface area contributed by atoms with Crippen molar-refractivity contribution in [1.82, 2.24) is 0 Å². The predicted octanol–water partition coefficient (Wildman–Crippen LogP) is 4.29. The number of hydrogen-bond acceptors (Lipinski definition) is 2. The fourth-order valence-electron chi connectivity index (χ4n) is 1.74. The van der Waals surface area contributed by atoms with E-state index in [-0.39, 0.29) is 0 Å². The van der Waals surface area contributed by atoms with E-state index in [1.54, 1.807) is 42.5 Å². The number of nitrogens with one attached hydrogen (secondary N) is 1. The minimum Gasteiger partial charge on any atom is -0.369 e. The van der Waals surface area contributed by atoms with Gasteiger partial charge in [0, 0.05) is 0 Å². The van der Waals surface area contributed by atoms with Crippen molar-refractivity contribution in [2.24, 2.45) is 5.73 Å². The summed E-state index contributed by atoms with van der Waals surface area (Å²) in [6.45, 7) is 0. The molecule has 2 aromatic carbocycles. The lowest BCUT2D eigenvalue weighted by atomic mass is 10.1. The van der Waals surface area contributed by atoms with E-state index in [9.17, 15) is 4.79 Å². The lowest BCUT2D eigenvalue weighted by molar-refractivity contribution is -0.118. The van der Waals surface area contributed by atoms with Gasteiger partial charge in [0.2, 0.25) is 5.91 Å². The molecule has 0 aliphatic heterocycles. The Labute approximate surface area is 131 Å². The molecule has 3 nitrogen and oxygen atoms in total. The second-order valence-corrected chi connectivity index (χ2v) is 5.35. The molecule has 20 heavy (non-hydrogen) atoms. The molecule has 2 rings (SSSR count). The molecule has 104 valence electrons. The summed E-state index contributed by atoms with van der Waals surface area (Å²) in [5, 5.41) is 4.27. The van der Waals surface area contributed by atoms with Gasteiger partial charge in [-0.2, -0.15) is 0 Å². The van der Waals surface area contributed by atoms with E-state index in [4.69, 9.17) is 40.5 Å². The fraction of sp³-hybridized carbons (Fsp3) is 0.0714. The maximum Gasteiger partial charge on any atom is 0.244 e. The van der Waals surface area contributed by atoms with Gasteiger partial charge in [-0.05, 0) is 29.8 Å². The van der Waals surface area contributed by atoms with Gasteiger partial charge in [0.05, 0.1) is 20.8 Å². The van der Waals surface area contributed by atoms with Crippen LogP contribution in [0.3, 0.4) is 0 Å². The Morgan fingerprint density at radius 1 is 1.00 bits per heavy atom. The van der Waals surface area contributed by atoms with Crippen molar-refractivity contribution in [2.75, 3.05) is 5.32 Å². The van der Waals surface area contributed by atoms with Crippen molar-refractivity contribution in [3.63, 3.8) is 0 Å². The predicted molar refractivity (Wildman–Crippen MR) is 83.5 cm³/mol. The Bertz CT molecular complexity index is 646. The number of amides is 1. The molecule has 0 bridgehead atoms. The van der Waals surface area contributed by atoms with Gasteiger partial charge < -0.3 is 11.1 Å². The first-order chi connectivity index (χ1) is 9.49. The highest BCUT2D eigenvalue weighted by Gasteiger charge is 2.19. The summed E-state index contributed by atoms with van der Waals surface area (Å²) >= 11 is 17.9. The molecule has 0 aliphatic rings. The van der Waals surface area contributed by atoms with Crippen LogP contribution in [0.4, 0.5) is 5.69 Å². The molecule has 0 saturated heterocycles. The van der Waals surface area contributed by atoms with E-state index in [1.165, 1.54) is 0 Å². The summed E-state index contributed by atoms with van der Waals surface area (Å²) < 4.78 is 0. The molecule has 0 heterocycles. The molecule has 2 aromatic rings. The van der Waals surface area contributed by atoms with E-state index in [0.29, 0.717) is 26.3 Å². The number of rotatable bonds is 4. The second kappa shape index (κ2) is 6.35. The third-order valence-electron chi connectivity index (χ3n) is 2.74. The quantitative estimate of drug-likeness (QED) is 0.879. The molecule has 1 amide bonds. The molecular weight excluding hydrogens is 319 g/mol. The zero-order valence-electron chi connectivity index (χ0n) is 10.2. The number of carbonyl (C=O) groups excluding carboxylic acids is 1. The van der Waals surface area contributed by atoms with E-state index in [2.05, 4.69) is 5.32 Å². The molecule has 1 atom stereocenters. The molecule has 0 spiro atoms. The van der Waals surface area contributed by atoms with Crippen molar-refractivity contribution in [3.8, 4) is 0 Å². The van der Waals surface area contributed by atoms with Crippen molar-refractivity contribution in [3.05, 3.63) is 63.1 Å². The molecular formula is C14H11Cl3N2O. The number of hydrogen-bond donors (Lipinski definition) is 2. The van der Waals surface area contributed by atoms with Crippen LogP contribution in [-0.4, -0.2) is 5.91 Å². The topological polar surface area (TPSA) is 55.1 Å². The maximum atomic E-state index is 11.7. The highest BCUT2D eigenvalue weighted by molar-refractivity contribution is 6.42. The molecule has 3 N–H and O–H groups in total. The van der Waals surface area contributed by atoms with Gasteiger partial charge in [-0.1, -0.05) is 53.0 Å². The van der Waals surface area contributed by atoms with Crippen LogP contribution >= 0.6 is 34.8 Å². The third kappa shape index (κ3) is 3.37. The normalized spacial score (nSPS) is 11.9. The summed E-state index contributed by atoms with van der Waals surface area (Å²) in [5.41, 5.74) is 6.67. The minimum atomic E-state index is -0.746. The van der Waals surface area contributed by atoms with Gasteiger partial charge in [-0.15, -0.1) is 0 Å². The lowest BCUT2D eigenvalue weighted by Crippen LogP contribution is -2.27. The maximum absolute atomic E-state index is 11.7. The molecule has 6 heteroatoms. The summed E-state index contributed by atoms with van der Waals surface area (Å²) in [6, 6.07) is 11.2. The Morgan fingerprint density at radius 3 is 2.30 bits per heavy atom. The monoisotopic (exact) mass is 328 g/mol. The van der Waals surface area contributed by atoms with Crippen molar-refractivity contribution < 1.29 is 4.79 Å². The van der Waals surface area contributed by atoms with Gasteiger partial charge in [0.25, 0.3) is 0 Å². The summed E-state index contributed by atoms with van der Waals surface area (Å²) in [5.74, 6) is -0.539. The first-order valence-electron chi connectivity index (χ1n) is 5.74. The zero-order chi connectivity index (χ0) is 14.7. The van der Waals surface area contributed by atoms with Crippen LogP contribution in [0.5, 0.6) is 0 Å². The molecule has 1 unspecified atom stereocenters. The largest absolute Gasteiger partial charge is 0.369 e. The number of benzene rings is 2. The van der Waals surface area contributed by atoms with E-state index >= 15 is 0 Å². The number of halogens is 3. The minimum absolute atomic E-state index is 0.358. The van der Waals surface area contributed by atoms with Crippen LogP contribution < -0.4 is 11.1 Å². The average Bonchev–Trinajstić information content (AvgIpc) is 2.41. The van der Waals surface area contributed by atoms with Gasteiger partial charge >= 0.3 is 0 Å². The summed E-state index contributed by atoms with van der Waals surface area (Å²) in [7, 11) is 0. The molecule has 0 radical (unpaired) electrons. The Morgan fingerprint density at radius 2 is 1.70 bits per heavy atom. The van der Waals surface area contributed by atoms with Gasteiger partial charge in [0.1, 0.15) is 6.04 Å². The zero-order valence-corrected chi connectivity index (χ0v) is 12.5. The van der Waals surface area contributed by atoms with Gasteiger partial charge in [0.15, 0.2) is 0 Å². The van der Waals surface area contributed by atoms with Crippen LogP contribution in [0, 0.1) is 0 Å². The van der Waals surface area contributed by atoms with E-state index in [1.807, 2.05) is 0 Å². The average molecular weight is 330 g/mol. The number of primary amides is 1. The molecule has 0 saturated carbocycles. The van der Waals surface area contributed by atoms with Gasteiger partial charge in [-0.25, -0.2) is 0 Å². The third-order valence-corrected chi connectivity index (χ3v) is 3.80. The Balaban J connectivity index is 2.34. The van der Waals surface area contributed by atoms with Gasteiger partial charge in [-0.3, -0.25) is 4.79 Å². The first-order valence-corrected chi connectivity index (χ1v) is 6.88. The molecule has 0 aliphatic carbocycles. The van der Waals surface area contributed by atoms with Crippen LogP contribution in [0.25, 0.3) is 0 Å². The lowest BCUT2D eigenvalue weighted by Gasteiger charge is -2.18. The van der Waals surface area contributed by atoms with Crippen molar-refractivity contribution in [1.29, 1.82) is 0 Å². The summed E-state index contributed by atoms with van der Waals surface area (Å²) in [6.07, 6.45) is 0. The Kier molecular flexibility index (Phi) is 4.76. The SMILES string of the molecule is NC(=O)C(Nc1ccccc1Cl)c1ccc(Cl)c(Cl)c1. The van der Waals surface area contributed by atoms with Crippen LogP contribution in [-0.2, 0) is 4.79 Å². The van der Waals surface area contributed by atoms with E-state index in [0.717, 1.165) is 0 Å². The summed E-state index contributed by atoms with van der Waals surface area (Å²) in [4.78, 5) is 11.7. The standard InChI is InChI=1S/C14H11Cl3N2O/c15-9-6-5-8(7-11(9)17)13(14(18)20)19-12-4-2-1-3-10(12)16/h1-7,13,19H,(H2,18,20). The highest BCUT2D eigenvalue weighted by Crippen LogP contribution is 2.29. The number of anilines is 1. The van der Waals surface area contributed by atoms with Crippen molar-refractivity contribution >= 4 is 46.4 Å². The van der Waals surface area contributed by atoms with Crippen LogP contribution in [0.2, 0.25) is 15.1 Å². The number of para-hydroxylation sites is 1. The number of carbonyl (C=O) groups is 1. The highest BCUT2D eigenvalue weighted by atomic mass is 35.5. The van der Waals surface area contributed by atoms with Crippen LogP contribution in [0.15, 0.2) is 42.5 Å². The first kappa shape index (κ1) is 15.0. The second-order valence-electron chi connectivity index (χ2n) is 4.13. The Hall–Kier alpha value is -1.42. The smallest absolute Gasteiger partial charge is 0.244 e.